The monoisotopic (exact) mass is 522 g/mol. The minimum absolute atomic E-state index is 0.850. The molecule has 6 aromatic rings. The first-order valence-corrected chi connectivity index (χ1v) is 14.0. The Bertz CT molecular complexity index is 2190. The molecule has 2 heteroatoms. The van der Waals surface area contributed by atoms with Crippen LogP contribution in [0.1, 0.15) is 28.1 Å². The Balaban J connectivity index is 1.52. The summed E-state index contributed by atoms with van der Waals surface area (Å²) in [6.07, 6.45) is 6.90. The molecule has 0 spiro atoms. The average Bonchev–Trinajstić information content (AvgIpc) is 3.67. The second-order valence-electron chi connectivity index (χ2n) is 10.5. The predicted molar refractivity (Wildman–Crippen MR) is 168 cm³/mol. The number of rotatable bonds is 4. The summed E-state index contributed by atoms with van der Waals surface area (Å²) in [4.78, 5) is 5.07. The van der Waals surface area contributed by atoms with E-state index in [1.807, 2.05) is 12.2 Å². The summed E-state index contributed by atoms with van der Waals surface area (Å²) in [5, 5.41) is 2.50. The molecule has 2 aliphatic rings. The second kappa shape index (κ2) is 9.64. The minimum atomic E-state index is 0.850. The number of hydrogen-bond acceptors (Lipinski definition) is 1. The summed E-state index contributed by atoms with van der Waals surface area (Å²) in [5.41, 5.74) is 15.1. The SMILES string of the molecule is C1=CC=C(c2nc3ccccc3n2-c2ccc3c(c2)=C(c2ccccc2)Cc2ccccc2C=3c2ccccc2)C=1. The highest BCUT2D eigenvalue weighted by molar-refractivity contribution is 5.87. The van der Waals surface area contributed by atoms with Crippen LogP contribution in [0, 0.1) is 0 Å². The maximum absolute atomic E-state index is 5.07. The summed E-state index contributed by atoms with van der Waals surface area (Å²) in [5.74, 6) is 0.929. The summed E-state index contributed by atoms with van der Waals surface area (Å²) >= 11 is 0. The quantitative estimate of drug-likeness (QED) is 0.225. The molecule has 8 rings (SSSR count). The van der Waals surface area contributed by atoms with E-state index in [0.29, 0.717) is 0 Å². The van der Waals surface area contributed by atoms with E-state index in [1.54, 1.807) is 0 Å². The Labute approximate surface area is 238 Å². The molecule has 5 aromatic carbocycles. The van der Waals surface area contributed by atoms with Gasteiger partial charge in [0.2, 0.25) is 0 Å². The third kappa shape index (κ3) is 3.93. The number of fused-ring (bicyclic) bond motifs is 3. The normalized spacial score (nSPS) is 13.7. The molecule has 2 nitrogen and oxygen atoms in total. The Morgan fingerprint density at radius 3 is 2.20 bits per heavy atom. The molecule has 0 unspecified atom stereocenters. The maximum atomic E-state index is 5.07. The van der Waals surface area contributed by atoms with E-state index in [2.05, 4.69) is 144 Å². The molecule has 0 saturated heterocycles. The number of imidazole rings is 1. The topological polar surface area (TPSA) is 17.8 Å². The van der Waals surface area contributed by atoms with E-state index in [4.69, 9.17) is 4.98 Å². The Hall–Kier alpha value is -5.43. The maximum Gasteiger partial charge on any atom is 0.146 e. The van der Waals surface area contributed by atoms with Crippen LogP contribution in [0.25, 0.3) is 33.4 Å². The molecule has 0 atom stereocenters. The molecule has 2 aliphatic carbocycles. The fourth-order valence-corrected chi connectivity index (χ4v) is 6.24. The first-order chi connectivity index (χ1) is 20.3. The van der Waals surface area contributed by atoms with Crippen LogP contribution in [-0.4, -0.2) is 9.55 Å². The highest BCUT2D eigenvalue weighted by Gasteiger charge is 2.20. The number of benzene rings is 5. The van der Waals surface area contributed by atoms with Crippen molar-refractivity contribution < 1.29 is 0 Å². The third-order valence-corrected chi connectivity index (χ3v) is 8.11. The molecule has 0 N–H and O–H groups in total. The lowest BCUT2D eigenvalue weighted by atomic mass is 9.91. The van der Waals surface area contributed by atoms with Crippen LogP contribution in [0.5, 0.6) is 0 Å². The fourth-order valence-electron chi connectivity index (χ4n) is 6.24. The van der Waals surface area contributed by atoms with Crippen LogP contribution < -0.4 is 10.4 Å². The van der Waals surface area contributed by atoms with E-state index in [1.165, 1.54) is 43.8 Å². The molecule has 1 aromatic heterocycles. The third-order valence-electron chi connectivity index (χ3n) is 8.11. The van der Waals surface area contributed by atoms with Crippen LogP contribution in [0.3, 0.4) is 0 Å². The van der Waals surface area contributed by atoms with Crippen molar-refractivity contribution in [1.29, 1.82) is 0 Å². The van der Waals surface area contributed by atoms with Gasteiger partial charge in [0.15, 0.2) is 0 Å². The van der Waals surface area contributed by atoms with E-state index in [0.717, 1.165) is 34.5 Å². The first kappa shape index (κ1) is 23.5. The van der Waals surface area contributed by atoms with Crippen molar-refractivity contribution in [2.45, 2.75) is 6.42 Å². The van der Waals surface area contributed by atoms with E-state index in [-0.39, 0.29) is 0 Å². The van der Waals surface area contributed by atoms with Crippen molar-refractivity contribution in [3.05, 3.63) is 190 Å². The summed E-state index contributed by atoms with van der Waals surface area (Å²) < 4.78 is 2.29. The lowest BCUT2D eigenvalue weighted by Crippen LogP contribution is -2.30. The van der Waals surface area contributed by atoms with Crippen LogP contribution in [0.2, 0.25) is 0 Å². The van der Waals surface area contributed by atoms with Gasteiger partial charge in [0.05, 0.1) is 11.0 Å². The van der Waals surface area contributed by atoms with Crippen LogP contribution >= 0.6 is 0 Å². The van der Waals surface area contributed by atoms with E-state index >= 15 is 0 Å². The van der Waals surface area contributed by atoms with Gasteiger partial charge in [-0.05, 0) is 92.8 Å². The molecule has 0 amide bonds. The Morgan fingerprint density at radius 1 is 0.659 bits per heavy atom. The highest BCUT2D eigenvalue weighted by atomic mass is 15.1. The van der Waals surface area contributed by atoms with Crippen LogP contribution in [-0.2, 0) is 6.42 Å². The van der Waals surface area contributed by atoms with Crippen molar-refractivity contribution in [2.24, 2.45) is 0 Å². The lowest BCUT2D eigenvalue weighted by molar-refractivity contribution is 1.05. The average molecular weight is 523 g/mol. The number of para-hydroxylation sites is 2. The minimum Gasteiger partial charge on any atom is -0.292 e. The van der Waals surface area contributed by atoms with Gasteiger partial charge in [-0.1, -0.05) is 103 Å². The molecule has 1 heterocycles. The van der Waals surface area contributed by atoms with Crippen molar-refractivity contribution in [2.75, 3.05) is 0 Å². The molecule has 0 fully saturated rings. The zero-order valence-corrected chi connectivity index (χ0v) is 22.5. The molecule has 0 aliphatic heterocycles. The molecule has 0 radical (unpaired) electrons. The van der Waals surface area contributed by atoms with Crippen molar-refractivity contribution in [3.8, 4) is 5.69 Å². The predicted octanol–water partition coefficient (Wildman–Crippen LogP) is 7.14. The molecule has 192 valence electrons. The van der Waals surface area contributed by atoms with Gasteiger partial charge < -0.3 is 0 Å². The summed E-state index contributed by atoms with van der Waals surface area (Å²) in [7, 11) is 0. The molecular formula is C39H26N2. The van der Waals surface area contributed by atoms with Gasteiger partial charge in [0, 0.05) is 11.3 Å². The standard InChI is InChI=1S/C39H26N2/c1-3-13-27(14-4-1)34-25-30-19-9-10-20-32(30)38(28-15-5-2-6-16-28)33-24-23-31(26-35(33)34)41-37-22-12-11-21-36(37)40-39(41)29-17-7-8-18-29/h1-7,9-24,26H,25H2. The number of allylic oxidation sites excluding steroid dienone is 3. The molecule has 0 bridgehead atoms. The van der Waals surface area contributed by atoms with E-state index in [9.17, 15) is 0 Å². The van der Waals surface area contributed by atoms with Gasteiger partial charge in [-0.3, -0.25) is 4.57 Å². The smallest absolute Gasteiger partial charge is 0.146 e. The van der Waals surface area contributed by atoms with Crippen LogP contribution in [0.4, 0.5) is 0 Å². The molecule has 0 saturated carbocycles. The van der Waals surface area contributed by atoms with Crippen molar-refractivity contribution in [3.63, 3.8) is 0 Å². The zero-order valence-electron chi connectivity index (χ0n) is 22.5. The van der Waals surface area contributed by atoms with Gasteiger partial charge in [-0.15, -0.1) is 5.73 Å². The van der Waals surface area contributed by atoms with Gasteiger partial charge in [0.1, 0.15) is 5.82 Å². The first-order valence-electron chi connectivity index (χ1n) is 14.0. The molecule has 41 heavy (non-hydrogen) atoms. The second-order valence-corrected chi connectivity index (χ2v) is 10.5. The summed E-state index contributed by atoms with van der Waals surface area (Å²) in [6.45, 7) is 0. The zero-order chi connectivity index (χ0) is 27.2. The van der Waals surface area contributed by atoms with Gasteiger partial charge in [0.25, 0.3) is 0 Å². The Morgan fingerprint density at radius 2 is 1.39 bits per heavy atom. The number of nitrogens with zero attached hydrogens (tertiary/aromatic N) is 2. The van der Waals surface area contributed by atoms with Gasteiger partial charge >= 0.3 is 0 Å². The Kier molecular flexibility index (Phi) is 5.52. The molecular weight excluding hydrogens is 496 g/mol. The number of hydrogen-bond donors (Lipinski definition) is 0. The summed E-state index contributed by atoms with van der Waals surface area (Å²) in [6, 6.07) is 45.8. The largest absolute Gasteiger partial charge is 0.292 e. The van der Waals surface area contributed by atoms with E-state index < -0.39 is 0 Å². The van der Waals surface area contributed by atoms with Crippen LogP contribution in [0.15, 0.2) is 151 Å². The van der Waals surface area contributed by atoms with Gasteiger partial charge in [-0.2, -0.15) is 0 Å². The van der Waals surface area contributed by atoms with Crippen molar-refractivity contribution in [1.82, 2.24) is 9.55 Å². The fraction of sp³-hybridized carbons (Fsp3) is 0.0256. The number of aromatic nitrogens is 2. The van der Waals surface area contributed by atoms with Gasteiger partial charge in [-0.25, -0.2) is 4.98 Å². The lowest BCUT2D eigenvalue weighted by Gasteiger charge is -2.13. The highest BCUT2D eigenvalue weighted by Crippen LogP contribution is 2.31. The van der Waals surface area contributed by atoms with Crippen molar-refractivity contribution >= 4 is 27.8 Å².